The van der Waals surface area contributed by atoms with Gasteiger partial charge in [-0.2, -0.15) is 0 Å². The third-order valence-electron chi connectivity index (χ3n) is 4.86. The van der Waals surface area contributed by atoms with Crippen molar-refractivity contribution in [3.8, 4) is 0 Å². The van der Waals surface area contributed by atoms with Gasteiger partial charge in [0.1, 0.15) is 12.2 Å². The number of cyclic esters (lactones) is 1. The number of ether oxygens (including phenoxy) is 1. The van der Waals surface area contributed by atoms with Crippen LogP contribution in [-0.2, 0) is 18.6 Å². The Morgan fingerprint density at radius 2 is 1.91 bits per heavy atom. The van der Waals surface area contributed by atoms with Crippen LogP contribution < -0.4 is 0 Å². The van der Waals surface area contributed by atoms with Crippen molar-refractivity contribution in [3.05, 3.63) is 60.8 Å². The van der Waals surface area contributed by atoms with E-state index in [-0.39, 0.29) is 6.42 Å². The molecule has 0 aromatic heterocycles. The number of allylic oxidation sites excluding steroid dienone is 5. The molecule has 0 aromatic rings. The van der Waals surface area contributed by atoms with E-state index in [1.165, 1.54) is 37.1 Å². The zero-order chi connectivity index (χ0) is 24.0. The summed E-state index contributed by atoms with van der Waals surface area (Å²) in [6, 6.07) is 0. The van der Waals surface area contributed by atoms with E-state index in [9.17, 15) is 29.4 Å². The SMILES string of the molecule is CCCCCC=CC=CC=CC(O)C(C)C(CC=CC1OC(=O)C=CC1O)OP(=O)(O)O. The first-order valence-corrected chi connectivity index (χ1v) is 12.3. The smallest absolute Gasteiger partial charge is 0.452 e. The summed E-state index contributed by atoms with van der Waals surface area (Å²) in [5, 5.41) is 20.2. The fourth-order valence-electron chi connectivity index (χ4n) is 2.95. The summed E-state index contributed by atoms with van der Waals surface area (Å²) in [6.07, 6.45) is 16.8. The van der Waals surface area contributed by atoms with Gasteiger partial charge in [-0.3, -0.25) is 4.52 Å². The summed E-state index contributed by atoms with van der Waals surface area (Å²) in [6.45, 7) is 3.76. The van der Waals surface area contributed by atoms with E-state index >= 15 is 0 Å². The summed E-state index contributed by atoms with van der Waals surface area (Å²) in [4.78, 5) is 29.7. The van der Waals surface area contributed by atoms with Crippen molar-refractivity contribution >= 4 is 13.8 Å². The largest absolute Gasteiger partial charge is 0.469 e. The van der Waals surface area contributed by atoms with Crippen LogP contribution in [0.2, 0.25) is 0 Å². The van der Waals surface area contributed by atoms with Crippen LogP contribution in [0.1, 0.15) is 46.0 Å². The van der Waals surface area contributed by atoms with Gasteiger partial charge in [0, 0.05) is 12.0 Å². The normalized spacial score (nSPS) is 22.9. The highest BCUT2D eigenvalue weighted by Gasteiger charge is 2.30. The molecule has 0 saturated carbocycles. The van der Waals surface area contributed by atoms with Crippen molar-refractivity contribution < 1.29 is 38.6 Å². The van der Waals surface area contributed by atoms with Crippen molar-refractivity contribution in [2.24, 2.45) is 5.92 Å². The zero-order valence-electron chi connectivity index (χ0n) is 18.6. The molecule has 0 spiro atoms. The number of aliphatic hydroxyl groups excluding tert-OH is 2. The molecule has 32 heavy (non-hydrogen) atoms. The van der Waals surface area contributed by atoms with Crippen molar-refractivity contribution in [2.75, 3.05) is 0 Å². The van der Waals surface area contributed by atoms with Crippen LogP contribution in [-0.4, -0.2) is 50.4 Å². The summed E-state index contributed by atoms with van der Waals surface area (Å²) in [5.41, 5.74) is 0. The monoisotopic (exact) mass is 470 g/mol. The van der Waals surface area contributed by atoms with Crippen LogP contribution in [0.15, 0.2) is 60.8 Å². The highest BCUT2D eigenvalue weighted by atomic mass is 31.2. The van der Waals surface area contributed by atoms with Crippen LogP contribution >= 0.6 is 7.82 Å². The van der Waals surface area contributed by atoms with Gasteiger partial charge in [-0.1, -0.05) is 69.2 Å². The average molecular weight is 470 g/mol. The molecule has 0 radical (unpaired) electrons. The number of esters is 1. The molecule has 9 heteroatoms. The first kappa shape index (κ1) is 28.2. The number of aliphatic hydroxyl groups is 2. The van der Waals surface area contributed by atoms with Gasteiger partial charge in [-0.25, -0.2) is 9.36 Å². The number of phosphoric ester groups is 1. The number of hydrogen-bond donors (Lipinski definition) is 4. The lowest BCUT2D eigenvalue weighted by molar-refractivity contribution is -0.146. The fraction of sp³-hybridized carbons (Fsp3) is 0.522. The molecular formula is C23H35O8P. The molecule has 0 amide bonds. The molecule has 4 N–H and O–H groups in total. The quantitative estimate of drug-likeness (QED) is 0.0997. The maximum absolute atomic E-state index is 11.4. The van der Waals surface area contributed by atoms with E-state index in [1.54, 1.807) is 19.1 Å². The van der Waals surface area contributed by atoms with Crippen LogP contribution in [0, 0.1) is 5.92 Å². The molecule has 1 aliphatic heterocycles. The first-order valence-electron chi connectivity index (χ1n) is 10.8. The Labute approximate surface area is 189 Å². The number of phosphoric acid groups is 1. The Hall–Kier alpha value is -1.80. The van der Waals surface area contributed by atoms with Gasteiger partial charge >= 0.3 is 13.8 Å². The van der Waals surface area contributed by atoms with Gasteiger partial charge in [-0.05, 0) is 31.4 Å². The topological polar surface area (TPSA) is 134 Å². The molecule has 5 atom stereocenters. The first-order chi connectivity index (χ1) is 15.1. The van der Waals surface area contributed by atoms with Gasteiger partial charge in [0.05, 0.1) is 12.2 Å². The number of unbranched alkanes of at least 4 members (excludes halogenated alkanes) is 3. The van der Waals surface area contributed by atoms with Crippen molar-refractivity contribution in [2.45, 2.75) is 70.4 Å². The van der Waals surface area contributed by atoms with Crippen LogP contribution in [0.5, 0.6) is 0 Å². The molecule has 0 bridgehead atoms. The Kier molecular flexibility index (Phi) is 13.3. The highest BCUT2D eigenvalue weighted by Crippen LogP contribution is 2.40. The molecular weight excluding hydrogens is 435 g/mol. The number of carbonyl (C=O) groups excluding carboxylic acids is 1. The lowest BCUT2D eigenvalue weighted by atomic mass is 9.95. The second kappa shape index (κ2) is 15.1. The third kappa shape index (κ3) is 12.3. The Bertz CT molecular complexity index is 749. The second-order valence-corrected chi connectivity index (χ2v) is 8.78. The summed E-state index contributed by atoms with van der Waals surface area (Å²) in [7, 11) is -4.80. The second-order valence-electron chi connectivity index (χ2n) is 7.59. The van der Waals surface area contributed by atoms with E-state index in [4.69, 9.17) is 9.26 Å². The lowest BCUT2D eigenvalue weighted by Crippen LogP contribution is -2.32. The minimum absolute atomic E-state index is 0.0258. The molecule has 8 nitrogen and oxygen atoms in total. The number of rotatable bonds is 14. The number of hydrogen-bond acceptors (Lipinski definition) is 6. The van der Waals surface area contributed by atoms with Crippen LogP contribution in [0.25, 0.3) is 0 Å². The van der Waals surface area contributed by atoms with Gasteiger partial charge in [-0.15, -0.1) is 0 Å². The maximum Gasteiger partial charge on any atom is 0.469 e. The zero-order valence-corrected chi connectivity index (χ0v) is 19.5. The van der Waals surface area contributed by atoms with E-state index in [1.807, 2.05) is 12.2 Å². The molecule has 1 aliphatic rings. The molecule has 1 heterocycles. The molecule has 0 aliphatic carbocycles. The fourth-order valence-corrected chi connectivity index (χ4v) is 3.58. The Morgan fingerprint density at radius 1 is 1.19 bits per heavy atom. The minimum atomic E-state index is -4.80. The van der Waals surface area contributed by atoms with Gasteiger partial charge in [0.2, 0.25) is 0 Å². The molecule has 0 fully saturated rings. The van der Waals surface area contributed by atoms with Crippen molar-refractivity contribution in [3.63, 3.8) is 0 Å². The van der Waals surface area contributed by atoms with Gasteiger partial charge in [0.15, 0.2) is 0 Å². The van der Waals surface area contributed by atoms with Crippen molar-refractivity contribution in [1.82, 2.24) is 0 Å². The van der Waals surface area contributed by atoms with Gasteiger partial charge < -0.3 is 24.7 Å². The van der Waals surface area contributed by atoms with Crippen molar-refractivity contribution in [1.29, 1.82) is 0 Å². The third-order valence-corrected chi connectivity index (χ3v) is 5.41. The molecule has 1 rings (SSSR count). The van der Waals surface area contributed by atoms with Gasteiger partial charge in [0.25, 0.3) is 0 Å². The van der Waals surface area contributed by atoms with E-state index in [2.05, 4.69) is 13.0 Å². The summed E-state index contributed by atoms with van der Waals surface area (Å²) in [5.74, 6) is -1.24. The Balaban J connectivity index is 2.66. The standard InChI is InChI=1S/C23H35O8P/c1-3-4-5-6-7-8-9-10-11-13-19(24)18(2)21(31-32(27,28)29)14-12-15-22-20(25)16-17-23(26)30-22/h7-13,15-22,24-25H,3-6,14H2,1-2H3,(H2,27,28,29). The number of carbonyl (C=O) groups is 1. The molecule has 0 saturated heterocycles. The summed E-state index contributed by atoms with van der Waals surface area (Å²) < 4.78 is 21.2. The van der Waals surface area contributed by atoms with Crippen LogP contribution in [0.3, 0.4) is 0 Å². The highest BCUT2D eigenvalue weighted by molar-refractivity contribution is 7.46. The molecule has 5 unspecified atom stereocenters. The van der Waals surface area contributed by atoms with E-state index in [0.717, 1.165) is 18.9 Å². The molecule has 180 valence electrons. The van der Waals surface area contributed by atoms with E-state index in [0.29, 0.717) is 0 Å². The predicted molar refractivity (Wildman–Crippen MR) is 122 cm³/mol. The lowest BCUT2D eigenvalue weighted by Gasteiger charge is -2.26. The predicted octanol–water partition coefficient (Wildman–Crippen LogP) is 3.50. The Morgan fingerprint density at radius 3 is 2.59 bits per heavy atom. The average Bonchev–Trinajstić information content (AvgIpc) is 2.72. The molecule has 0 aromatic carbocycles. The van der Waals surface area contributed by atoms with Crippen LogP contribution in [0.4, 0.5) is 0 Å². The maximum atomic E-state index is 11.4. The minimum Gasteiger partial charge on any atom is -0.452 e. The summed E-state index contributed by atoms with van der Waals surface area (Å²) >= 11 is 0. The van der Waals surface area contributed by atoms with E-state index < -0.39 is 44.1 Å².